The average Bonchev–Trinajstić information content (AvgIpc) is 2.45. The van der Waals surface area contributed by atoms with Gasteiger partial charge in [-0.05, 0) is 11.6 Å². The summed E-state index contributed by atoms with van der Waals surface area (Å²) in [5, 5.41) is 21.4. The van der Waals surface area contributed by atoms with E-state index in [2.05, 4.69) is 0 Å². The average molecular weight is 290 g/mol. The van der Waals surface area contributed by atoms with Gasteiger partial charge >= 0.3 is 0 Å². The van der Waals surface area contributed by atoms with E-state index in [1.54, 1.807) is 30.3 Å². The SMILES string of the molecule is O=[N+]([O-])c1ccc(CSc2ccccc2[N+](=O)[O-])cc1. The molecule has 0 radical (unpaired) electrons. The van der Waals surface area contributed by atoms with Gasteiger partial charge < -0.3 is 0 Å². The molecule has 0 amide bonds. The second kappa shape index (κ2) is 6.16. The van der Waals surface area contributed by atoms with Crippen LogP contribution in [0.15, 0.2) is 53.4 Å². The van der Waals surface area contributed by atoms with E-state index in [0.29, 0.717) is 10.6 Å². The monoisotopic (exact) mass is 290 g/mol. The number of nitro groups is 2. The van der Waals surface area contributed by atoms with E-state index < -0.39 is 9.85 Å². The van der Waals surface area contributed by atoms with Crippen LogP contribution in [0.2, 0.25) is 0 Å². The van der Waals surface area contributed by atoms with Gasteiger partial charge in [0.2, 0.25) is 0 Å². The third kappa shape index (κ3) is 3.33. The van der Waals surface area contributed by atoms with E-state index in [0.717, 1.165) is 5.56 Å². The topological polar surface area (TPSA) is 86.3 Å². The van der Waals surface area contributed by atoms with Gasteiger partial charge in [0.15, 0.2) is 0 Å². The van der Waals surface area contributed by atoms with E-state index in [1.807, 2.05) is 0 Å². The lowest BCUT2D eigenvalue weighted by Gasteiger charge is -2.03. The Morgan fingerprint density at radius 3 is 2.15 bits per heavy atom. The molecule has 20 heavy (non-hydrogen) atoms. The van der Waals surface area contributed by atoms with Gasteiger partial charge in [-0.25, -0.2) is 0 Å². The number of hydrogen-bond acceptors (Lipinski definition) is 5. The maximum absolute atomic E-state index is 10.9. The zero-order valence-corrected chi connectivity index (χ0v) is 11.1. The fourth-order valence-electron chi connectivity index (χ4n) is 1.61. The highest BCUT2D eigenvalue weighted by Gasteiger charge is 2.13. The van der Waals surface area contributed by atoms with Crippen molar-refractivity contribution < 1.29 is 9.85 Å². The van der Waals surface area contributed by atoms with Crippen molar-refractivity contribution in [3.63, 3.8) is 0 Å². The van der Waals surface area contributed by atoms with Crippen molar-refractivity contribution in [3.05, 3.63) is 74.3 Å². The first-order valence-corrected chi connectivity index (χ1v) is 6.66. The molecule has 102 valence electrons. The lowest BCUT2D eigenvalue weighted by atomic mass is 10.2. The highest BCUT2D eigenvalue weighted by atomic mass is 32.2. The number of benzene rings is 2. The van der Waals surface area contributed by atoms with Gasteiger partial charge in [-0.3, -0.25) is 20.2 Å². The summed E-state index contributed by atoms with van der Waals surface area (Å²) in [6, 6.07) is 12.7. The number of hydrogen-bond donors (Lipinski definition) is 0. The van der Waals surface area contributed by atoms with Crippen LogP contribution in [-0.2, 0) is 5.75 Å². The Morgan fingerprint density at radius 1 is 0.900 bits per heavy atom. The Labute approximate surface area is 118 Å². The van der Waals surface area contributed by atoms with Gasteiger partial charge in [0.05, 0.1) is 14.7 Å². The lowest BCUT2D eigenvalue weighted by molar-refractivity contribution is -0.387. The normalized spacial score (nSPS) is 10.2. The van der Waals surface area contributed by atoms with Crippen LogP contribution in [0.25, 0.3) is 0 Å². The number of non-ortho nitro benzene ring substituents is 1. The number of nitrogens with zero attached hydrogens (tertiary/aromatic N) is 2. The third-order valence-electron chi connectivity index (χ3n) is 2.60. The quantitative estimate of drug-likeness (QED) is 0.475. The lowest BCUT2D eigenvalue weighted by Crippen LogP contribution is -1.91. The van der Waals surface area contributed by atoms with Gasteiger partial charge in [-0.15, -0.1) is 11.8 Å². The summed E-state index contributed by atoms with van der Waals surface area (Å²) >= 11 is 1.33. The highest BCUT2D eigenvalue weighted by Crippen LogP contribution is 2.31. The molecule has 0 heterocycles. The van der Waals surface area contributed by atoms with Crippen LogP contribution in [0.4, 0.5) is 11.4 Å². The number of thioether (sulfide) groups is 1. The van der Waals surface area contributed by atoms with E-state index in [9.17, 15) is 20.2 Å². The van der Waals surface area contributed by atoms with Crippen molar-refractivity contribution in [1.82, 2.24) is 0 Å². The zero-order chi connectivity index (χ0) is 14.5. The molecule has 0 bridgehead atoms. The highest BCUT2D eigenvalue weighted by molar-refractivity contribution is 7.98. The fourth-order valence-corrected chi connectivity index (χ4v) is 2.58. The van der Waals surface area contributed by atoms with Crippen molar-refractivity contribution in [2.24, 2.45) is 0 Å². The van der Waals surface area contributed by atoms with Crippen LogP contribution >= 0.6 is 11.8 Å². The minimum atomic E-state index is -0.459. The summed E-state index contributed by atoms with van der Waals surface area (Å²) in [5.74, 6) is 0.517. The molecule has 0 aliphatic heterocycles. The molecule has 0 unspecified atom stereocenters. The van der Waals surface area contributed by atoms with Crippen molar-refractivity contribution >= 4 is 23.1 Å². The Hall–Kier alpha value is -2.41. The predicted octanol–water partition coefficient (Wildman–Crippen LogP) is 3.80. The van der Waals surface area contributed by atoms with Crippen molar-refractivity contribution in [2.45, 2.75) is 10.6 Å². The molecular weight excluding hydrogens is 280 g/mol. The van der Waals surface area contributed by atoms with Gasteiger partial charge in [0.1, 0.15) is 0 Å². The third-order valence-corrected chi connectivity index (χ3v) is 3.74. The first-order chi connectivity index (χ1) is 9.58. The van der Waals surface area contributed by atoms with Crippen LogP contribution in [0.3, 0.4) is 0 Å². The maximum Gasteiger partial charge on any atom is 0.282 e. The Bertz CT molecular complexity index is 643. The Balaban J connectivity index is 2.09. The van der Waals surface area contributed by atoms with E-state index in [1.165, 1.54) is 30.0 Å². The van der Waals surface area contributed by atoms with Crippen LogP contribution in [0.1, 0.15) is 5.56 Å². The maximum atomic E-state index is 10.9. The van der Waals surface area contributed by atoms with Gasteiger partial charge in [0.25, 0.3) is 11.4 Å². The Morgan fingerprint density at radius 2 is 1.55 bits per heavy atom. The summed E-state index contributed by atoms with van der Waals surface area (Å²) in [5.41, 5.74) is 0.975. The van der Waals surface area contributed by atoms with Gasteiger partial charge in [-0.1, -0.05) is 24.3 Å². The van der Waals surface area contributed by atoms with Crippen LogP contribution in [0.5, 0.6) is 0 Å². The second-order valence-corrected chi connectivity index (χ2v) is 4.95. The smallest absolute Gasteiger partial charge is 0.258 e. The molecule has 0 aromatic heterocycles. The molecule has 2 rings (SSSR count). The molecule has 0 saturated heterocycles. The molecule has 2 aromatic carbocycles. The summed E-state index contributed by atoms with van der Waals surface area (Å²) in [6.07, 6.45) is 0. The van der Waals surface area contributed by atoms with Crippen LogP contribution < -0.4 is 0 Å². The molecule has 6 nitrogen and oxygen atoms in total. The standard InChI is InChI=1S/C13H10N2O4S/c16-14(17)11-7-5-10(6-8-11)9-20-13-4-2-1-3-12(13)15(18)19/h1-8H,9H2. The van der Waals surface area contributed by atoms with Crippen molar-refractivity contribution in [3.8, 4) is 0 Å². The minimum Gasteiger partial charge on any atom is -0.258 e. The van der Waals surface area contributed by atoms with Crippen molar-refractivity contribution in [1.29, 1.82) is 0 Å². The minimum absolute atomic E-state index is 0.0319. The largest absolute Gasteiger partial charge is 0.282 e. The molecule has 0 saturated carbocycles. The molecule has 0 aliphatic carbocycles. The molecule has 2 aromatic rings. The summed E-state index contributed by atoms with van der Waals surface area (Å²) in [6.45, 7) is 0. The fraction of sp³-hybridized carbons (Fsp3) is 0.0769. The first kappa shape index (κ1) is 14.0. The van der Waals surface area contributed by atoms with E-state index in [-0.39, 0.29) is 11.4 Å². The Kier molecular flexibility index (Phi) is 4.31. The molecule has 0 spiro atoms. The van der Waals surface area contributed by atoms with Crippen molar-refractivity contribution in [2.75, 3.05) is 0 Å². The number of rotatable bonds is 5. The molecule has 0 atom stereocenters. The molecular formula is C13H10N2O4S. The molecule has 7 heteroatoms. The summed E-state index contributed by atoms with van der Waals surface area (Å²) < 4.78 is 0. The zero-order valence-electron chi connectivity index (χ0n) is 10.3. The van der Waals surface area contributed by atoms with E-state index in [4.69, 9.17) is 0 Å². The second-order valence-electron chi connectivity index (χ2n) is 3.94. The summed E-state index contributed by atoms with van der Waals surface area (Å²) in [7, 11) is 0. The molecule has 0 N–H and O–H groups in total. The molecule has 0 aliphatic rings. The first-order valence-electron chi connectivity index (χ1n) is 5.67. The predicted molar refractivity (Wildman–Crippen MR) is 75.8 cm³/mol. The van der Waals surface area contributed by atoms with Crippen LogP contribution in [0, 0.1) is 20.2 Å². The summed E-state index contributed by atoms with van der Waals surface area (Å²) in [4.78, 5) is 21.1. The number of nitro benzene ring substituents is 2. The van der Waals surface area contributed by atoms with E-state index >= 15 is 0 Å². The van der Waals surface area contributed by atoms with Gasteiger partial charge in [0, 0.05) is 24.0 Å². The molecule has 0 fully saturated rings. The van der Waals surface area contributed by atoms with Crippen LogP contribution in [-0.4, -0.2) is 9.85 Å². The van der Waals surface area contributed by atoms with Gasteiger partial charge in [-0.2, -0.15) is 0 Å². The number of para-hydroxylation sites is 1.